The van der Waals surface area contributed by atoms with E-state index in [1.165, 1.54) is 6.07 Å². The molecule has 5 heteroatoms. The number of carbonyl (C=O) groups excluding carboxylic acids is 1. The van der Waals surface area contributed by atoms with Gasteiger partial charge in [0, 0.05) is 26.2 Å². The number of hydrogen-bond donors (Lipinski definition) is 1. The van der Waals surface area contributed by atoms with Gasteiger partial charge in [-0.1, -0.05) is 12.1 Å². The van der Waals surface area contributed by atoms with Gasteiger partial charge in [-0.25, -0.2) is 9.18 Å². The predicted octanol–water partition coefficient (Wildman–Crippen LogP) is 3.48. The summed E-state index contributed by atoms with van der Waals surface area (Å²) >= 11 is 0. The Hall–Kier alpha value is -1.62. The number of rotatable bonds is 4. The van der Waals surface area contributed by atoms with Gasteiger partial charge in [0.15, 0.2) is 0 Å². The van der Waals surface area contributed by atoms with Crippen molar-refractivity contribution in [2.75, 3.05) is 19.6 Å². The quantitative estimate of drug-likeness (QED) is 0.923. The topological polar surface area (TPSA) is 41.6 Å². The highest BCUT2D eigenvalue weighted by Gasteiger charge is 2.29. The molecule has 0 aromatic heterocycles. The Kier molecular flexibility index (Phi) is 5.63. The SMILES string of the molecule is Cc1cc(CNCC2CCN(C(=O)OC(C)(C)C)C2)ccc1F. The van der Waals surface area contributed by atoms with Crippen LogP contribution in [0.4, 0.5) is 9.18 Å². The number of carbonyl (C=O) groups is 1. The third-order valence-electron chi connectivity index (χ3n) is 3.92. The summed E-state index contributed by atoms with van der Waals surface area (Å²) in [5.41, 5.74) is 1.29. The molecule has 1 aromatic rings. The fourth-order valence-electron chi connectivity index (χ4n) is 2.73. The molecule has 1 aliphatic heterocycles. The number of aryl methyl sites for hydroxylation is 1. The van der Waals surface area contributed by atoms with Crippen molar-refractivity contribution in [1.82, 2.24) is 10.2 Å². The van der Waals surface area contributed by atoms with Crippen LogP contribution in [0.15, 0.2) is 18.2 Å². The molecule has 1 aliphatic rings. The summed E-state index contributed by atoms with van der Waals surface area (Å²) in [6.45, 7) is 10.4. The van der Waals surface area contributed by atoms with Crippen LogP contribution in [0.5, 0.6) is 0 Å². The summed E-state index contributed by atoms with van der Waals surface area (Å²) in [7, 11) is 0. The number of nitrogens with zero attached hydrogens (tertiary/aromatic N) is 1. The molecule has 0 aliphatic carbocycles. The van der Waals surface area contributed by atoms with Gasteiger partial charge in [0.2, 0.25) is 0 Å². The number of ether oxygens (including phenoxy) is 1. The van der Waals surface area contributed by atoms with Crippen molar-refractivity contribution >= 4 is 6.09 Å². The van der Waals surface area contributed by atoms with E-state index < -0.39 is 5.60 Å². The molecule has 0 saturated carbocycles. The molecule has 1 atom stereocenters. The first-order valence-electron chi connectivity index (χ1n) is 8.18. The first-order chi connectivity index (χ1) is 10.7. The number of likely N-dealkylation sites (tertiary alicyclic amines) is 1. The van der Waals surface area contributed by atoms with Gasteiger partial charge in [0.25, 0.3) is 0 Å². The van der Waals surface area contributed by atoms with Gasteiger partial charge in [0.1, 0.15) is 11.4 Å². The normalized spacial score (nSPS) is 18.3. The number of nitrogens with one attached hydrogen (secondary N) is 1. The summed E-state index contributed by atoms with van der Waals surface area (Å²) in [6, 6.07) is 5.17. The zero-order valence-electron chi connectivity index (χ0n) is 14.5. The van der Waals surface area contributed by atoms with E-state index in [4.69, 9.17) is 4.74 Å². The van der Waals surface area contributed by atoms with Crippen LogP contribution in [-0.2, 0) is 11.3 Å². The molecular weight excluding hydrogens is 295 g/mol. The van der Waals surface area contributed by atoms with E-state index in [0.29, 0.717) is 18.0 Å². The fraction of sp³-hybridized carbons (Fsp3) is 0.611. The molecule has 0 bridgehead atoms. The summed E-state index contributed by atoms with van der Waals surface area (Å²) in [4.78, 5) is 13.8. The molecule has 128 valence electrons. The van der Waals surface area contributed by atoms with E-state index >= 15 is 0 Å². The van der Waals surface area contributed by atoms with Gasteiger partial charge < -0.3 is 15.0 Å². The van der Waals surface area contributed by atoms with Crippen LogP contribution in [0.25, 0.3) is 0 Å². The van der Waals surface area contributed by atoms with Crippen molar-refractivity contribution in [3.8, 4) is 0 Å². The maximum absolute atomic E-state index is 13.2. The second kappa shape index (κ2) is 7.30. The number of halogens is 1. The van der Waals surface area contributed by atoms with Crippen molar-refractivity contribution in [3.05, 3.63) is 35.1 Å². The Morgan fingerprint density at radius 3 is 2.83 bits per heavy atom. The van der Waals surface area contributed by atoms with Crippen LogP contribution in [0.1, 0.15) is 38.3 Å². The van der Waals surface area contributed by atoms with Crippen molar-refractivity contribution in [3.63, 3.8) is 0 Å². The summed E-state index contributed by atoms with van der Waals surface area (Å²) in [5.74, 6) is 0.265. The van der Waals surface area contributed by atoms with E-state index in [1.54, 1.807) is 17.9 Å². The lowest BCUT2D eigenvalue weighted by Crippen LogP contribution is -2.36. The average molecular weight is 322 g/mol. The predicted molar refractivity (Wildman–Crippen MR) is 88.8 cm³/mol. The Balaban J connectivity index is 1.73. The monoisotopic (exact) mass is 322 g/mol. The van der Waals surface area contributed by atoms with E-state index in [0.717, 1.165) is 31.6 Å². The molecule has 23 heavy (non-hydrogen) atoms. The van der Waals surface area contributed by atoms with Crippen LogP contribution in [0, 0.1) is 18.7 Å². The zero-order valence-corrected chi connectivity index (χ0v) is 14.5. The molecule has 1 unspecified atom stereocenters. The minimum absolute atomic E-state index is 0.169. The lowest BCUT2D eigenvalue weighted by molar-refractivity contribution is 0.0288. The zero-order chi connectivity index (χ0) is 17.0. The van der Waals surface area contributed by atoms with Crippen LogP contribution in [0.3, 0.4) is 0 Å². The van der Waals surface area contributed by atoms with Gasteiger partial charge in [-0.2, -0.15) is 0 Å². The lowest BCUT2D eigenvalue weighted by atomic mass is 10.1. The maximum Gasteiger partial charge on any atom is 0.410 e. The Morgan fingerprint density at radius 2 is 2.17 bits per heavy atom. The van der Waals surface area contributed by atoms with Crippen LogP contribution in [-0.4, -0.2) is 36.2 Å². The highest BCUT2D eigenvalue weighted by molar-refractivity contribution is 5.68. The smallest absolute Gasteiger partial charge is 0.410 e. The second-order valence-corrected chi connectivity index (χ2v) is 7.30. The number of hydrogen-bond acceptors (Lipinski definition) is 3. The van der Waals surface area contributed by atoms with Crippen molar-refractivity contribution in [2.45, 2.75) is 46.3 Å². The number of amides is 1. The molecule has 1 fully saturated rings. The Morgan fingerprint density at radius 1 is 1.43 bits per heavy atom. The highest BCUT2D eigenvalue weighted by atomic mass is 19.1. The van der Waals surface area contributed by atoms with E-state index in [1.807, 2.05) is 26.8 Å². The van der Waals surface area contributed by atoms with Crippen molar-refractivity contribution in [1.29, 1.82) is 0 Å². The molecule has 1 aromatic carbocycles. The highest BCUT2D eigenvalue weighted by Crippen LogP contribution is 2.19. The minimum atomic E-state index is -0.451. The molecule has 4 nitrogen and oxygen atoms in total. The third-order valence-corrected chi connectivity index (χ3v) is 3.92. The first-order valence-corrected chi connectivity index (χ1v) is 8.18. The largest absolute Gasteiger partial charge is 0.444 e. The lowest BCUT2D eigenvalue weighted by Gasteiger charge is -2.24. The molecule has 1 amide bonds. The summed E-state index contributed by atoms with van der Waals surface area (Å²) in [5, 5.41) is 3.40. The molecule has 1 heterocycles. The van der Waals surface area contributed by atoms with Gasteiger partial charge >= 0.3 is 6.09 Å². The second-order valence-electron chi connectivity index (χ2n) is 7.30. The first kappa shape index (κ1) is 17.7. The van der Waals surface area contributed by atoms with Crippen LogP contribution < -0.4 is 5.32 Å². The summed E-state index contributed by atoms with van der Waals surface area (Å²) < 4.78 is 18.6. The molecule has 1 saturated heterocycles. The molecular formula is C18H27FN2O2. The number of benzene rings is 1. The maximum atomic E-state index is 13.2. The molecule has 2 rings (SSSR count). The van der Waals surface area contributed by atoms with E-state index in [2.05, 4.69) is 5.32 Å². The van der Waals surface area contributed by atoms with Crippen LogP contribution >= 0.6 is 0 Å². The Bertz CT molecular complexity index is 554. The van der Waals surface area contributed by atoms with Crippen LogP contribution in [0.2, 0.25) is 0 Å². The van der Waals surface area contributed by atoms with E-state index in [9.17, 15) is 9.18 Å². The van der Waals surface area contributed by atoms with E-state index in [-0.39, 0.29) is 11.9 Å². The molecule has 0 radical (unpaired) electrons. The Labute approximate surface area is 138 Å². The molecule has 0 spiro atoms. The van der Waals surface area contributed by atoms with Gasteiger partial charge in [0.05, 0.1) is 0 Å². The minimum Gasteiger partial charge on any atom is -0.444 e. The molecule has 1 N–H and O–H groups in total. The van der Waals surface area contributed by atoms with Gasteiger partial charge in [-0.15, -0.1) is 0 Å². The van der Waals surface area contributed by atoms with Crippen molar-refractivity contribution < 1.29 is 13.9 Å². The summed E-state index contributed by atoms with van der Waals surface area (Å²) in [6.07, 6.45) is 0.753. The van der Waals surface area contributed by atoms with Gasteiger partial charge in [-0.05, 0) is 57.2 Å². The van der Waals surface area contributed by atoms with Gasteiger partial charge in [-0.3, -0.25) is 0 Å². The standard InChI is InChI=1S/C18H27FN2O2/c1-13-9-14(5-6-16(13)19)10-20-11-15-7-8-21(12-15)17(22)23-18(2,3)4/h5-6,9,15,20H,7-8,10-12H2,1-4H3. The average Bonchev–Trinajstić information content (AvgIpc) is 2.90. The van der Waals surface area contributed by atoms with Crippen molar-refractivity contribution in [2.24, 2.45) is 5.92 Å². The third kappa shape index (κ3) is 5.50. The fourth-order valence-corrected chi connectivity index (χ4v) is 2.73.